The number of isothiocyanates is 1. The van der Waals surface area contributed by atoms with Crippen LogP contribution in [0.15, 0.2) is 53.5 Å². The second-order valence-corrected chi connectivity index (χ2v) is 5.41. The summed E-state index contributed by atoms with van der Waals surface area (Å²) in [6.07, 6.45) is -0.438. The molecular weight excluding hydrogens is 308 g/mol. The second kappa shape index (κ2) is 7.18. The van der Waals surface area contributed by atoms with Crippen LogP contribution in [0.2, 0.25) is 0 Å². The molecule has 1 aliphatic carbocycles. The fourth-order valence-electron chi connectivity index (χ4n) is 2.91. The first-order chi connectivity index (χ1) is 11.3. The average molecular weight is 324 g/mol. The van der Waals surface area contributed by atoms with Crippen LogP contribution < -0.4 is 5.32 Å². The summed E-state index contributed by atoms with van der Waals surface area (Å²) in [4.78, 5) is 15.5. The van der Waals surface area contributed by atoms with E-state index in [9.17, 15) is 4.79 Å². The van der Waals surface area contributed by atoms with Gasteiger partial charge in [-0.05, 0) is 34.5 Å². The van der Waals surface area contributed by atoms with Crippen LogP contribution in [0.25, 0.3) is 11.1 Å². The van der Waals surface area contributed by atoms with Gasteiger partial charge in [0.25, 0.3) is 0 Å². The first-order valence-electron chi connectivity index (χ1n) is 7.43. The number of carbonyl (C=O) groups is 1. The number of thiocarbonyl (C=S) groups is 1. The number of benzene rings is 2. The van der Waals surface area contributed by atoms with E-state index in [0.717, 1.165) is 0 Å². The van der Waals surface area contributed by atoms with Gasteiger partial charge in [0.15, 0.2) is 0 Å². The van der Waals surface area contributed by atoms with Crippen LogP contribution in [-0.2, 0) is 4.74 Å². The lowest BCUT2D eigenvalue weighted by atomic mass is 9.98. The Morgan fingerprint density at radius 2 is 1.74 bits per heavy atom. The summed E-state index contributed by atoms with van der Waals surface area (Å²) in [6, 6.07) is 16.5. The van der Waals surface area contributed by atoms with Crippen molar-refractivity contribution in [3.8, 4) is 11.1 Å². The van der Waals surface area contributed by atoms with Gasteiger partial charge in [0, 0.05) is 12.5 Å². The molecule has 1 aliphatic rings. The molecule has 0 saturated carbocycles. The Kier molecular flexibility index (Phi) is 4.81. The number of fused-ring (bicyclic) bond motifs is 3. The van der Waals surface area contributed by atoms with Crippen molar-refractivity contribution in [2.45, 2.75) is 5.92 Å². The molecule has 1 N–H and O–H groups in total. The highest BCUT2D eigenvalue weighted by Crippen LogP contribution is 2.44. The lowest BCUT2D eigenvalue weighted by Crippen LogP contribution is -2.28. The van der Waals surface area contributed by atoms with E-state index in [1.807, 2.05) is 24.3 Å². The first kappa shape index (κ1) is 15.4. The highest BCUT2D eigenvalue weighted by molar-refractivity contribution is 7.78. The minimum atomic E-state index is -0.438. The fourth-order valence-corrected chi connectivity index (χ4v) is 3.00. The Labute approximate surface area is 140 Å². The van der Waals surface area contributed by atoms with Crippen LogP contribution in [-0.4, -0.2) is 31.0 Å². The van der Waals surface area contributed by atoms with E-state index in [1.165, 1.54) is 22.3 Å². The highest BCUT2D eigenvalue weighted by atomic mass is 32.1. The second-order valence-electron chi connectivity index (χ2n) is 5.23. The van der Waals surface area contributed by atoms with Crippen molar-refractivity contribution in [3.05, 3.63) is 59.7 Å². The number of carbonyl (C=O) groups excluding carboxylic acids is 1. The molecule has 23 heavy (non-hydrogen) atoms. The molecule has 0 fully saturated rings. The lowest BCUT2D eigenvalue weighted by molar-refractivity contribution is 0.143. The molecule has 0 aromatic heterocycles. The molecule has 116 valence electrons. The molecule has 0 unspecified atom stereocenters. The van der Waals surface area contributed by atoms with Gasteiger partial charge in [0.05, 0.1) is 11.7 Å². The van der Waals surface area contributed by atoms with Crippen LogP contribution in [0, 0.1) is 0 Å². The molecule has 0 aliphatic heterocycles. The van der Waals surface area contributed by atoms with Crippen LogP contribution in [0.5, 0.6) is 0 Å². The number of hydrogen-bond acceptors (Lipinski definition) is 4. The number of rotatable bonds is 5. The maximum atomic E-state index is 11.8. The van der Waals surface area contributed by atoms with E-state index < -0.39 is 6.09 Å². The van der Waals surface area contributed by atoms with E-state index in [-0.39, 0.29) is 5.92 Å². The topological polar surface area (TPSA) is 50.7 Å². The summed E-state index contributed by atoms with van der Waals surface area (Å²) in [7, 11) is 0. The maximum absolute atomic E-state index is 11.8. The highest BCUT2D eigenvalue weighted by Gasteiger charge is 2.28. The standard InChI is InChI=1S/C18H16N2O2S/c21-18(20-10-9-19-12-23)22-11-17-15-7-3-1-5-13(15)14-6-2-4-8-16(14)17/h1-8,17H,9-11H2,(H,20,21). The number of nitrogens with one attached hydrogen (secondary N) is 1. The van der Waals surface area contributed by atoms with Crippen molar-refractivity contribution in [1.29, 1.82) is 0 Å². The van der Waals surface area contributed by atoms with Crippen molar-refractivity contribution in [2.75, 3.05) is 19.7 Å². The van der Waals surface area contributed by atoms with Gasteiger partial charge >= 0.3 is 6.09 Å². The minimum absolute atomic E-state index is 0.0761. The minimum Gasteiger partial charge on any atom is -0.449 e. The van der Waals surface area contributed by atoms with Crippen LogP contribution in [0.1, 0.15) is 17.0 Å². The molecule has 0 heterocycles. The summed E-state index contributed by atoms with van der Waals surface area (Å²) in [6.45, 7) is 1.12. The third kappa shape index (κ3) is 3.31. The first-order valence-corrected chi connectivity index (χ1v) is 7.84. The summed E-state index contributed by atoms with van der Waals surface area (Å²) in [5.41, 5.74) is 4.83. The summed E-state index contributed by atoms with van der Waals surface area (Å²) in [5, 5.41) is 4.90. The number of ether oxygens (including phenoxy) is 1. The smallest absolute Gasteiger partial charge is 0.407 e. The van der Waals surface area contributed by atoms with E-state index in [4.69, 9.17) is 4.74 Å². The molecule has 0 spiro atoms. The van der Waals surface area contributed by atoms with Crippen molar-refractivity contribution >= 4 is 23.5 Å². The molecule has 0 bridgehead atoms. The molecule has 2 aromatic rings. The molecule has 1 amide bonds. The van der Waals surface area contributed by atoms with Gasteiger partial charge in [0.1, 0.15) is 6.61 Å². The monoisotopic (exact) mass is 324 g/mol. The van der Waals surface area contributed by atoms with E-state index in [2.05, 4.69) is 52.0 Å². The van der Waals surface area contributed by atoms with Crippen molar-refractivity contribution < 1.29 is 9.53 Å². The zero-order chi connectivity index (χ0) is 16.1. The molecular formula is C18H16N2O2S. The van der Waals surface area contributed by atoms with E-state index in [1.54, 1.807) is 0 Å². The number of hydrogen-bond donors (Lipinski definition) is 1. The number of alkyl carbamates (subject to hydrolysis) is 1. The zero-order valence-corrected chi connectivity index (χ0v) is 13.3. The summed E-state index contributed by atoms with van der Waals surface area (Å²) in [5.74, 6) is 0.0761. The van der Waals surface area contributed by atoms with Gasteiger partial charge in [0.2, 0.25) is 0 Å². The summed E-state index contributed by atoms with van der Waals surface area (Å²) < 4.78 is 5.38. The zero-order valence-electron chi connectivity index (χ0n) is 12.5. The Bertz CT molecular complexity index is 724. The van der Waals surface area contributed by atoms with Gasteiger partial charge in [-0.25, -0.2) is 9.79 Å². The molecule has 4 nitrogen and oxygen atoms in total. The normalized spacial score (nSPS) is 12.0. The van der Waals surface area contributed by atoms with Crippen LogP contribution in [0.4, 0.5) is 4.79 Å². The number of nitrogens with zero attached hydrogens (tertiary/aromatic N) is 1. The average Bonchev–Trinajstić information content (AvgIpc) is 2.91. The maximum Gasteiger partial charge on any atom is 0.407 e. The van der Waals surface area contributed by atoms with Crippen LogP contribution >= 0.6 is 12.2 Å². The fraction of sp³-hybridized carbons (Fsp3) is 0.222. The predicted octanol–water partition coefficient (Wildman–Crippen LogP) is 3.63. The molecule has 0 atom stereocenters. The number of amides is 1. The van der Waals surface area contributed by atoms with Gasteiger partial charge in [-0.3, -0.25) is 0 Å². The summed E-state index contributed by atoms with van der Waals surface area (Å²) >= 11 is 4.47. The molecule has 3 rings (SSSR count). The van der Waals surface area contributed by atoms with Crippen molar-refractivity contribution in [3.63, 3.8) is 0 Å². The Balaban J connectivity index is 1.68. The molecule has 5 heteroatoms. The van der Waals surface area contributed by atoms with Gasteiger partial charge in [-0.15, -0.1) is 0 Å². The predicted molar refractivity (Wildman–Crippen MR) is 93.0 cm³/mol. The third-order valence-electron chi connectivity index (χ3n) is 3.90. The number of aliphatic imine (C=N–C) groups is 1. The Hall–Kier alpha value is -2.49. The molecule has 0 saturated heterocycles. The molecule has 0 radical (unpaired) electrons. The van der Waals surface area contributed by atoms with Crippen molar-refractivity contribution in [1.82, 2.24) is 5.32 Å². The quantitative estimate of drug-likeness (QED) is 0.519. The third-order valence-corrected chi connectivity index (χ3v) is 4.03. The van der Waals surface area contributed by atoms with Gasteiger partial charge in [-0.1, -0.05) is 48.5 Å². The largest absolute Gasteiger partial charge is 0.449 e. The Morgan fingerprint density at radius 1 is 1.13 bits per heavy atom. The Morgan fingerprint density at radius 3 is 2.35 bits per heavy atom. The van der Waals surface area contributed by atoms with Crippen molar-refractivity contribution in [2.24, 2.45) is 4.99 Å². The SMILES string of the molecule is O=C(NCCN=C=S)OCC1c2ccccc2-c2ccccc21. The van der Waals surface area contributed by atoms with E-state index >= 15 is 0 Å². The van der Waals surface area contributed by atoms with Gasteiger partial charge in [-0.2, -0.15) is 0 Å². The van der Waals surface area contributed by atoms with E-state index in [0.29, 0.717) is 19.7 Å². The lowest BCUT2D eigenvalue weighted by Gasteiger charge is -2.14. The van der Waals surface area contributed by atoms with Gasteiger partial charge < -0.3 is 10.1 Å². The molecule has 2 aromatic carbocycles. The van der Waals surface area contributed by atoms with Crippen LogP contribution in [0.3, 0.4) is 0 Å².